The van der Waals surface area contributed by atoms with Crippen molar-refractivity contribution in [1.82, 2.24) is 4.98 Å². The molecule has 0 fully saturated rings. The number of unbranched alkanes of at least 4 members (excludes halogenated alkanes) is 3. The molecule has 0 saturated heterocycles. The Bertz CT molecular complexity index is 1100. The average molecular weight is 516 g/mol. The van der Waals surface area contributed by atoms with Crippen molar-refractivity contribution in [3.8, 4) is 33.9 Å². The molecule has 1 aromatic heterocycles. The van der Waals surface area contributed by atoms with Crippen LogP contribution < -0.4 is 9.47 Å². The van der Waals surface area contributed by atoms with E-state index in [9.17, 15) is 18.0 Å². The van der Waals surface area contributed by atoms with E-state index in [-0.39, 0.29) is 12.4 Å². The lowest BCUT2D eigenvalue weighted by Crippen LogP contribution is -2.41. The summed E-state index contributed by atoms with van der Waals surface area (Å²) >= 11 is 0. The van der Waals surface area contributed by atoms with Gasteiger partial charge in [-0.1, -0.05) is 51.3 Å². The molecule has 37 heavy (non-hydrogen) atoms. The molecule has 1 atom stereocenters. The number of hydrogen-bond acceptors (Lipinski definition) is 5. The van der Waals surface area contributed by atoms with Gasteiger partial charge in [-0.2, -0.15) is 13.2 Å². The van der Waals surface area contributed by atoms with Gasteiger partial charge in [0.2, 0.25) is 0 Å². The maximum absolute atomic E-state index is 13.2. The Labute approximate surface area is 215 Å². The van der Waals surface area contributed by atoms with Crippen LogP contribution in [0.1, 0.15) is 46.0 Å². The summed E-state index contributed by atoms with van der Waals surface area (Å²) in [6.07, 6.45) is -1.35. The number of alkyl halides is 3. The molecule has 198 valence electrons. The molecule has 0 aliphatic rings. The fourth-order valence-corrected chi connectivity index (χ4v) is 3.53. The number of hydrogen-bond donors (Lipinski definition) is 0. The fraction of sp³-hybridized carbons (Fsp3) is 0.379. The van der Waals surface area contributed by atoms with Crippen molar-refractivity contribution in [1.29, 1.82) is 0 Å². The molecule has 0 bridgehead atoms. The quantitative estimate of drug-likeness (QED) is 0.133. The standard InChI is InChI=1S/C29H32F3NO4/c1-3-5-7-19-35-24-13-10-22(11-14-24)26-17-12-23(20-33-26)21-8-15-25(16-9-21)37-28(34)27(29(30,31)32)36-18-6-4-2/h8-17,20,27H,3-7,18-19H2,1-2H3. The molecule has 0 saturated carbocycles. The van der Waals surface area contributed by atoms with Crippen LogP contribution in [0, 0.1) is 0 Å². The molecule has 0 N–H and O–H groups in total. The highest BCUT2D eigenvalue weighted by Crippen LogP contribution is 2.28. The predicted molar refractivity (Wildman–Crippen MR) is 136 cm³/mol. The Morgan fingerprint density at radius 2 is 1.41 bits per heavy atom. The average Bonchev–Trinajstić information content (AvgIpc) is 2.89. The number of esters is 1. The SMILES string of the molecule is CCCCCOc1ccc(-c2ccc(-c3ccc(OC(=O)C(OCCCC)C(F)(F)F)cc3)cn2)cc1. The summed E-state index contributed by atoms with van der Waals surface area (Å²) < 4.78 is 55.0. The molecule has 3 rings (SSSR count). The molecular weight excluding hydrogens is 483 g/mol. The van der Waals surface area contributed by atoms with Crippen LogP contribution in [-0.2, 0) is 9.53 Å². The summed E-state index contributed by atoms with van der Waals surface area (Å²) in [5.41, 5.74) is 3.35. The first-order valence-corrected chi connectivity index (χ1v) is 12.5. The van der Waals surface area contributed by atoms with Gasteiger partial charge in [-0.25, -0.2) is 4.79 Å². The van der Waals surface area contributed by atoms with Gasteiger partial charge in [0.05, 0.1) is 12.3 Å². The van der Waals surface area contributed by atoms with Crippen molar-refractivity contribution in [3.05, 3.63) is 66.9 Å². The largest absolute Gasteiger partial charge is 0.494 e. The zero-order chi connectivity index (χ0) is 26.7. The number of benzene rings is 2. The molecule has 0 amide bonds. The van der Waals surface area contributed by atoms with Crippen LogP contribution in [0.15, 0.2) is 66.9 Å². The summed E-state index contributed by atoms with van der Waals surface area (Å²) in [5, 5.41) is 0. The van der Waals surface area contributed by atoms with E-state index in [4.69, 9.17) is 14.2 Å². The number of carbonyl (C=O) groups excluding carboxylic acids is 1. The maximum Gasteiger partial charge on any atom is 0.425 e. The van der Waals surface area contributed by atoms with Gasteiger partial charge in [-0.05, 0) is 60.9 Å². The second kappa shape index (κ2) is 13.8. The van der Waals surface area contributed by atoms with E-state index in [0.717, 1.165) is 47.4 Å². The highest BCUT2D eigenvalue weighted by Gasteiger charge is 2.47. The number of nitrogens with zero attached hydrogens (tertiary/aromatic N) is 1. The predicted octanol–water partition coefficient (Wildman–Crippen LogP) is 7.64. The number of carbonyl (C=O) groups is 1. The molecule has 0 radical (unpaired) electrons. The van der Waals surface area contributed by atoms with Gasteiger partial charge < -0.3 is 14.2 Å². The smallest absolute Gasteiger partial charge is 0.425 e. The summed E-state index contributed by atoms with van der Waals surface area (Å²) in [5.74, 6) is -0.658. The van der Waals surface area contributed by atoms with Crippen molar-refractivity contribution in [3.63, 3.8) is 0 Å². The van der Waals surface area contributed by atoms with Gasteiger partial charge >= 0.3 is 12.1 Å². The van der Waals surface area contributed by atoms with Gasteiger partial charge in [0.25, 0.3) is 6.10 Å². The Hall–Kier alpha value is -3.39. The highest BCUT2D eigenvalue weighted by atomic mass is 19.4. The Morgan fingerprint density at radius 3 is 2.00 bits per heavy atom. The van der Waals surface area contributed by atoms with Crippen LogP contribution in [0.4, 0.5) is 13.2 Å². The summed E-state index contributed by atoms with van der Waals surface area (Å²) in [7, 11) is 0. The van der Waals surface area contributed by atoms with Crippen LogP contribution in [0.3, 0.4) is 0 Å². The Balaban J connectivity index is 1.60. The van der Waals surface area contributed by atoms with E-state index in [1.54, 1.807) is 18.3 Å². The Morgan fingerprint density at radius 1 is 0.784 bits per heavy atom. The second-order valence-corrected chi connectivity index (χ2v) is 8.60. The summed E-state index contributed by atoms with van der Waals surface area (Å²) in [6, 6.07) is 17.8. The van der Waals surface area contributed by atoms with Crippen LogP contribution in [0.5, 0.6) is 11.5 Å². The van der Waals surface area contributed by atoms with Crippen LogP contribution >= 0.6 is 0 Å². The molecule has 0 aliphatic heterocycles. The van der Waals surface area contributed by atoms with Gasteiger partial charge in [0.1, 0.15) is 11.5 Å². The zero-order valence-corrected chi connectivity index (χ0v) is 21.1. The first kappa shape index (κ1) is 28.2. The van der Waals surface area contributed by atoms with Crippen molar-refractivity contribution < 1.29 is 32.2 Å². The minimum atomic E-state index is -4.85. The minimum Gasteiger partial charge on any atom is -0.494 e. The lowest BCUT2D eigenvalue weighted by Gasteiger charge is -2.19. The van der Waals surface area contributed by atoms with Gasteiger partial charge in [-0.15, -0.1) is 0 Å². The molecule has 1 heterocycles. The molecule has 2 aromatic carbocycles. The topological polar surface area (TPSA) is 57.7 Å². The van der Waals surface area contributed by atoms with Crippen molar-refractivity contribution in [2.24, 2.45) is 0 Å². The van der Waals surface area contributed by atoms with Crippen molar-refractivity contribution >= 4 is 5.97 Å². The Kier molecular flexibility index (Phi) is 10.5. The first-order valence-electron chi connectivity index (χ1n) is 12.5. The highest BCUT2D eigenvalue weighted by molar-refractivity contribution is 5.78. The van der Waals surface area contributed by atoms with Gasteiger partial charge in [0.15, 0.2) is 0 Å². The molecule has 0 spiro atoms. The lowest BCUT2D eigenvalue weighted by atomic mass is 10.1. The number of halogens is 3. The minimum absolute atomic E-state index is 0.00340. The third kappa shape index (κ3) is 8.60. The monoisotopic (exact) mass is 515 g/mol. The van der Waals surface area contributed by atoms with E-state index in [1.807, 2.05) is 43.3 Å². The molecule has 3 aromatic rings. The summed E-state index contributed by atoms with van der Waals surface area (Å²) in [6.45, 7) is 4.50. The van der Waals surface area contributed by atoms with Crippen LogP contribution in [-0.4, -0.2) is 36.4 Å². The molecule has 8 heteroatoms. The van der Waals surface area contributed by atoms with E-state index < -0.39 is 18.2 Å². The number of rotatable bonds is 13. The third-order valence-electron chi connectivity index (χ3n) is 5.63. The lowest BCUT2D eigenvalue weighted by molar-refractivity contribution is -0.225. The third-order valence-corrected chi connectivity index (χ3v) is 5.63. The van der Waals surface area contributed by atoms with Crippen LogP contribution in [0.2, 0.25) is 0 Å². The molecule has 5 nitrogen and oxygen atoms in total. The summed E-state index contributed by atoms with van der Waals surface area (Å²) in [4.78, 5) is 16.6. The zero-order valence-electron chi connectivity index (χ0n) is 21.1. The number of ether oxygens (including phenoxy) is 3. The van der Waals surface area contributed by atoms with Gasteiger partial charge in [0, 0.05) is 23.9 Å². The molecule has 0 aliphatic carbocycles. The second-order valence-electron chi connectivity index (χ2n) is 8.60. The number of pyridine rings is 1. The normalized spacial score (nSPS) is 12.2. The fourth-order valence-electron chi connectivity index (χ4n) is 3.53. The van der Waals surface area contributed by atoms with E-state index in [2.05, 4.69) is 11.9 Å². The maximum atomic E-state index is 13.2. The van der Waals surface area contributed by atoms with Gasteiger partial charge in [-0.3, -0.25) is 4.98 Å². The van der Waals surface area contributed by atoms with E-state index >= 15 is 0 Å². The van der Waals surface area contributed by atoms with Crippen LogP contribution in [0.25, 0.3) is 22.4 Å². The van der Waals surface area contributed by atoms with E-state index in [1.165, 1.54) is 12.1 Å². The van der Waals surface area contributed by atoms with Crippen molar-refractivity contribution in [2.45, 2.75) is 58.2 Å². The van der Waals surface area contributed by atoms with E-state index in [0.29, 0.717) is 19.4 Å². The molecule has 1 unspecified atom stereocenters. The number of aromatic nitrogens is 1. The van der Waals surface area contributed by atoms with Crippen molar-refractivity contribution in [2.75, 3.05) is 13.2 Å². The first-order chi connectivity index (χ1) is 17.8. The molecular formula is C29H32F3NO4.